The Morgan fingerprint density at radius 3 is 2.95 bits per heavy atom. The summed E-state index contributed by atoms with van der Waals surface area (Å²) in [4.78, 5) is 16.1. The minimum Gasteiger partial charge on any atom is -0.477 e. The maximum Gasteiger partial charge on any atom is 0.265 e. The van der Waals surface area contributed by atoms with Crippen LogP contribution in [0.2, 0.25) is 0 Å². The molecule has 3 N–H and O–H groups in total. The lowest BCUT2D eigenvalue weighted by atomic mass is 10.1. The molecule has 0 bridgehead atoms. The zero-order valence-corrected chi connectivity index (χ0v) is 10.9. The van der Waals surface area contributed by atoms with Gasteiger partial charge in [-0.2, -0.15) is 0 Å². The van der Waals surface area contributed by atoms with E-state index in [9.17, 15) is 4.79 Å². The molecule has 1 atom stereocenters. The van der Waals surface area contributed by atoms with E-state index in [1.54, 1.807) is 18.3 Å². The lowest BCUT2D eigenvalue weighted by Crippen LogP contribution is -2.32. The van der Waals surface area contributed by atoms with Crippen LogP contribution in [0, 0.1) is 0 Å². The van der Waals surface area contributed by atoms with Crippen molar-refractivity contribution in [2.24, 2.45) is 0 Å². The first-order valence-electron chi connectivity index (χ1n) is 6.50. The summed E-state index contributed by atoms with van der Waals surface area (Å²) in [5.41, 5.74) is 7.71. The van der Waals surface area contributed by atoms with E-state index in [1.165, 1.54) is 0 Å². The molecule has 5 heteroatoms. The molecule has 0 radical (unpaired) electrons. The van der Waals surface area contributed by atoms with Crippen LogP contribution < -0.4 is 15.8 Å². The topological polar surface area (TPSA) is 77.2 Å². The fourth-order valence-corrected chi connectivity index (χ4v) is 2.26. The van der Waals surface area contributed by atoms with Gasteiger partial charge in [-0.05, 0) is 36.6 Å². The third-order valence-electron chi connectivity index (χ3n) is 3.31. The lowest BCUT2D eigenvalue weighted by Gasteiger charge is -2.16. The molecular weight excluding hydrogens is 254 g/mol. The zero-order valence-electron chi connectivity index (χ0n) is 10.9. The van der Waals surface area contributed by atoms with Crippen LogP contribution in [-0.4, -0.2) is 17.0 Å². The summed E-state index contributed by atoms with van der Waals surface area (Å²) >= 11 is 0. The normalized spacial score (nSPS) is 17.8. The minimum atomic E-state index is -0.561. The molecule has 102 valence electrons. The standard InChI is InChI=1S/C15H15N3O2/c16-14-12(6-3-9-17-14)20-13-8-7-10-4-1-2-5-11(10)18-15(13)19/h1-6,9,13H,7-8H2,(H2,16,17)(H,18,19). The van der Waals surface area contributed by atoms with E-state index in [1.807, 2.05) is 24.3 Å². The molecule has 2 aromatic rings. The first-order chi connectivity index (χ1) is 9.74. The monoisotopic (exact) mass is 269 g/mol. The van der Waals surface area contributed by atoms with Crippen LogP contribution in [-0.2, 0) is 11.2 Å². The quantitative estimate of drug-likeness (QED) is 0.874. The highest BCUT2D eigenvalue weighted by molar-refractivity contribution is 5.95. The molecular formula is C15H15N3O2. The Balaban J connectivity index is 1.80. The van der Waals surface area contributed by atoms with Crippen molar-refractivity contribution in [2.75, 3.05) is 11.1 Å². The molecule has 1 aliphatic rings. The fraction of sp³-hybridized carbons (Fsp3) is 0.200. The number of carbonyl (C=O) groups is 1. The van der Waals surface area contributed by atoms with E-state index >= 15 is 0 Å². The molecule has 0 aliphatic carbocycles. The molecule has 3 rings (SSSR count). The van der Waals surface area contributed by atoms with Crippen molar-refractivity contribution in [3.63, 3.8) is 0 Å². The number of carbonyl (C=O) groups excluding carboxylic acids is 1. The summed E-state index contributed by atoms with van der Waals surface area (Å²) in [6.45, 7) is 0. The number of pyridine rings is 1. The van der Waals surface area contributed by atoms with Crippen molar-refractivity contribution in [1.82, 2.24) is 4.98 Å². The highest BCUT2D eigenvalue weighted by atomic mass is 16.5. The van der Waals surface area contributed by atoms with Crippen LogP contribution >= 0.6 is 0 Å². The minimum absolute atomic E-state index is 0.154. The summed E-state index contributed by atoms with van der Waals surface area (Å²) in [5.74, 6) is 0.582. The summed E-state index contributed by atoms with van der Waals surface area (Å²) in [6.07, 6.45) is 2.41. The fourth-order valence-electron chi connectivity index (χ4n) is 2.26. The first-order valence-corrected chi connectivity index (χ1v) is 6.50. The van der Waals surface area contributed by atoms with Crippen molar-refractivity contribution >= 4 is 17.4 Å². The van der Waals surface area contributed by atoms with Crippen LogP contribution in [0.5, 0.6) is 5.75 Å². The van der Waals surface area contributed by atoms with Crippen LogP contribution in [0.1, 0.15) is 12.0 Å². The second-order valence-corrected chi connectivity index (χ2v) is 4.68. The number of rotatable bonds is 2. The summed E-state index contributed by atoms with van der Waals surface area (Å²) in [5, 5.41) is 2.89. The van der Waals surface area contributed by atoms with E-state index in [4.69, 9.17) is 10.5 Å². The molecule has 1 aromatic heterocycles. The smallest absolute Gasteiger partial charge is 0.265 e. The number of nitrogens with one attached hydrogen (secondary N) is 1. The van der Waals surface area contributed by atoms with Crippen molar-refractivity contribution < 1.29 is 9.53 Å². The highest BCUT2D eigenvalue weighted by Gasteiger charge is 2.25. The molecule has 1 amide bonds. The molecule has 1 aliphatic heterocycles. The van der Waals surface area contributed by atoms with E-state index in [0.717, 1.165) is 17.7 Å². The van der Waals surface area contributed by atoms with Gasteiger partial charge in [0.15, 0.2) is 17.7 Å². The van der Waals surface area contributed by atoms with Crippen LogP contribution in [0.25, 0.3) is 0 Å². The van der Waals surface area contributed by atoms with Crippen molar-refractivity contribution in [2.45, 2.75) is 18.9 Å². The molecule has 0 saturated heterocycles. The van der Waals surface area contributed by atoms with Crippen LogP contribution in [0.3, 0.4) is 0 Å². The van der Waals surface area contributed by atoms with Gasteiger partial charge in [-0.25, -0.2) is 4.98 Å². The Morgan fingerprint density at radius 1 is 1.25 bits per heavy atom. The third kappa shape index (κ3) is 2.42. The van der Waals surface area contributed by atoms with Gasteiger partial charge in [0.05, 0.1) is 0 Å². The van der Waals surface area contributed by atoms with Gasteiger partial charge in [-0.3, -0.25) is 4.79 Å². The molecule has 0 saturated carbocycles. The number of fused-ring (bicyclic) bond motifs is 1. The second kappa shape index (κ2) is 5.21. The van der Waals surface area contributed by atoms with Crippen LogP contribution in [0.15, 0.2) is 42.6 Å². The number of nitrogens with zero attached hydrogens (tertiary/aromatic N) is 1. The van der Waals surface area contributed by atoms with Crippen LogP contribution in [0.4, 0.5) is 11.5 Å². The maximum atomic E-state index is 12.2. The van der Waals surface area contributed by atoms with Crippen molar-refractivity contribution in [3.05, 3.63) is 48.2 Å². The molecule has 1 aromatic carbocycles. The predicted octanol–water partition coefficient (Wildman–Crippen LogP) is 2.00. The molecule has 1 unspecified atom stereocenters. The summed E-state index contributed by atoms with van der Waals surface area (Å²) in [7, 11) is 0. The van der Waals surface area contributed by atoms with Gasteiger partial charge in [0.1, 0.15) is 0 Å². The largest absolute Gasteiger partial charge is 0.477 e. The average molecular weight is 269 g/mol. The number of anilines is 2. The number of nitrogens with two attached hydrogens (primary N) is 1. The number of nitrogen functional groups attached to an aromatic ring is 1. The highest BCUT2D eigenvalue weighted by Crippen LogP contribution is 2.25. The third-order valence-corrected chi connectivity index (χ3v) is 3.31. The van der Waals surface area contributed by atoms with Gasteiger partial charge >= 0.3 is 0 Å². The Hall–Kier alpha value is -2.56. The number of aryl methyl sites for hydroxylation is 1. The van der Waals surface area contributed by atoms with Gasteiger partial charge in [-0.1, -0.05) is 18.2 Å². The van der Waals surface area contributed by atoms with E-state index in [0.29, 0.717) is 18.0 Å². The Morgan fingerprint density at radius 2 is 2.10 bits per heavy atom. The van der Waals surface area contributed by atoms with Gasteiger partial charge < -0.3 is 15.8 Å². The average Bonchev–Trinajstić information content (AvgIpc) is 2.61. The predicted molar refractivity (Wildman–Crippen MR) is 76.5 cm³/mol. The molecule has 20 heavy (non-hydrogen) atoms. The molecule has 0 spiro atoms. The number of amides is 1. The first kappa shape index (κ1) is 12.5. The van der Waals surface area contributed by atoms with E-state index in [2.05, 4.69) is 10.3 Å². The maximum absolute atomic E-state index is 12.2. The number of para-hydroxylation sites is 1. The summed E-state index contributed by atoms with van der Waals surface area (Å²) in [6, 6.07) is 11.2. The Labute approximate surface area is 116 Å². The molecule has 5 nitrogen and oxygen atoms in total. The van der Waals surface area contributed by atoms with E-state index < -0.39 is 6.10 Å². The number of aromatic nitrogens is 1. The van der Waals surface area contributed by atoms with Gasteiger partial charge in [0.25, 0.3) is 5.91 Å². The van der Waals surface area contributed by atoms with Gasteiger partial charge in [0.2, 0.25) is 0 Å². The lowest BCUT2D eigenvalue weighted by molar-refractivity contribution is -0.122. The number of hydrogen-bond acceptors (Lipinski definition) is 4. The van der Waals surface area contributed by atoms with E-state index in [-0.39, 0.29) is 5.91 Å². The molecule has 2 heterocycles. The van der Waals surface area contributed by atoms with Gasteiger partial charge in [0, 0.05) is 11.9 Å². The second-order valence-electron chi connectivity index (χ2n) is 4.68. The summed E-state index contributed by atoms with van der Waals surface area (Å²) < 4.78 is 5.71. The van der Waals surface area contributed by atoms with Crippen molar-refractivity contribution in [3.8, 4) is 5.75 Å². The number of ether oxygens (including phenoxy) is 1. The Bertz CT molecular complexity index is 643. The number of benzene rings is 1. The number of hydrogen-bond donors (Lipinski definition) is 2. The van der Waals surface area contributed by atoms with Gasteiger partial charge in [-0.15, -0.1) is 0 Å². The molecule has 0 fully saturated rings. The Kier molecular flexibility index (Phi) is 3.25. The van der Waals surface area contributed by atoms with Crippen molar-refractivity contribution in [1.29, 1.82) is 0 Å². The zero-order chi connectivity index (χ0) is 13.9. The SMILES string of the molecule is Nc1ncccc1OC1CCc2ccccc2NC1=O.